The highest BCUT2D eigenvalue weighted by Crippen LogP contribution is 2.27. The van der Waals surface area contributed by atoms with Crippen LogP contribution in [0.5, 0.6) is 5.75 Å². The van der Waals surface area contributed by atoms with Gasteiger partial charge in [-0.15, -0.1) is 11.3 Å². The van der Waals surface area contributed by atoms with Crippen molar-refractivity contribution < 1.29 is 9.53 Å². The predicted octanol–water partition coefficient (Wildman–Crippen LogP) is 2.59. The van der Waals surface area contributed by atoms with E-state index in [-0.39, 0.29) is 12.1 Å². The van der Waals surface area contributed by atoms with Crippen LogP contribution in [0.3, 0.4) is 0 Å². The van der Waals surface area contributed by atoms with Crippen LogP contribution in [0.4, 0.5) is 4.79 Å². The van der Waals surface area contributed by atoms with Gasteiger partial charge >= 0.3 is 6.03 Å². The van der Waals surface area contributed by atoms with E-state index in [1.54, 1.807) is 11.3 Å². The van der Waals surface area contributed by atoms with Crippen LogP contribution in [0.1, 0.15) is 10.4 Å². The zero-order chi connectivity index (χ0) is 14.5. The molecule has 2 amide bonds. The van der Waals surface area contributed by atoms with Crippen molar-refractivity contribution in [3.63, 3.8) is 0 Å². The quantitative estimate of drug-likeness (QED) is 0.892. The SMILES string of the molecule is O=C(NCCc1cccs1)NCC1Cc2ccccc2O1. The molecular weight excluding hydrogens is 284 g/mol. The second-order valence-corrected chi connectivity index (χ2v) is 6.05. The maximum Gasteiger partial charge on any atom is 0.314 e. The van der Waals surface area contributed by atoms with Gasteiger partial charge in [0.1, 0.15) is 11.9 Å². The average Bonchev–Trinajstić information content (AvgIpc) is 3.13. The minimum Gasteiger partial charge on any atom is -0.488 e. The molecule has 2 aromatic rings. The van der Waals surface area contributed by atoms with Crippen molar-refractivity contribution in [2.45, 2.75) is 18.9 Å². The molecule has 1 unspecified atom stereocenters. The van der Waals surface area contributed by atoms with E-state index in [4.69, 9.17) is 4.74 Å². The maximum atomic E-state index is 11.7. The number of nitrogens with one attached hydrogen (secondary N) is 2. The first-order valence-electron chi connectivity index (χ1n) is 7.10. The Bertz CT molecular complexity index is 573. The van der Waals surface area contributed by atoms with Crippen molar-refractivity contribution in [2.24, 2.45) is 0 Å². The molecule has 0 fully saturated rings. The summed E-state index contributed by atoms with van der Waals surface area (Å²) in [6, 6.07) is 12.0. The van der Waals surface area contributed by atoms with E-state index in [0.29, 0.717) is 13.1 Å². The minimum atomic E-state index is -0.133. The van der Waals surface area contributed by atoms with E-state index in [0.717, 1.165) is 18.6 Å². The van der Waals surface area contributed by atoms with Gasteiger partial charge in [0, 0.05) is 17.8 Å². The van der Waals surface area contributed by atoms with E-state index >= 15 is 0 Å². The molecule has 0 bridgehead atoms. The number of thiophene rings is 1. The molecule has 2 heterocycles. The summed E-state index contributed by atoms with van der Waals surface area (Å²) >= 11 is 1.71. The lowest BCUT2D eigenvalue weighted by atomic mass is 10.1. The highest BCUT2D eigenvalue weighted by Gasteiger charge is 2.22. The largest absolute Gasteiger partial charge is 0.488 e. The van der Waals surface area contributed by atoms with Gasteiger partial charge in [0.2, 0.25) is 0 Å². The predicted molar refractivity (Wildman–Crippen MR) is 84.0 cm³/mol. The fraction of sp³-hybridized carbons (Fsp3) is 0.312. The molecule has 1 aliphatic rings. The van der Waals surface area contributed by atoms with E-state index in [1.807, 2.05) is 29.6 Å². The molecule has 0 aliphatic carbocycles. The van der Waals surface area contributed by atoms with E-state index in [9.17, 15) is 4.79 Å². The number of benzene rings is 1. The minimum absolute atomic E-state index is 0.0328. The molecule has 3 rings (SSSR count). The zero-order valence-corrected chi connectivity index (χ0v) is 12.5. The summed E-state index contributed by atoms with van der Waals surface area (Å²) in [5.41, 5.74) is 1.21. The molecule has 4 nitrogen and oxygen atoms in total. The van der Waals surface area contributed by atoms with Gasteiger partial charge < -0.3 is 15.4 Å². The van der Waals surface area contributed by atoms with Gasteiger partial charge in [-0.05, 0) is 29.5 Å². The molecule has 110 valence electrons. The van der Waals surface area contributed by atoms with Gasteiger partial charge in [-0.1, -0.05) is 24.3 Å². The first kappa shape index (κ1) is 13.9. The first-order valence-corrected chi connectivity index (χ1v) is 7.98. The van der Waals surface area contributed by atoms with Crippen LogP contribution < -0.4 is 15.4 Å². The zero-order valence-electron chi connectivity index (χ0n) is 11.7. The Balaban J connectivity index is 1.35. The standard InChI is InChI=1S/C16H18N2O2S/c19-16(17-8-7-14-5-3-9-21-14)18-11-13-10-12-4-1-2-6-15(12)20-13/h1-6,9,13H,7-8,10-11H2,(H2,17,18,19). The van der Waals surface area contributed by atoms with Crippen LogP contribution in [0.15, 0.2) is 41.8 Å². The van der Waals surface area contributed by atoms with Crippen molar-refractivity contribution >= 4 is 17.4 Å². The van der Waals surface area contributed by atoms with Crippen molar-refractivity contribution in [1.82, 2.24) is 10.6 Å². The monoisotopic (exact) mass is 302 g/mol. The molecule has 1 aromatic carbocycles. The molecular formula is C16H18N2O2S. The molecule has 0 radical (unpaired) electrons. The third-order valence-corrected chi connectivity index (χ3v) is 4.38. The Kier molecular flexibility index (Phi) is 4.40. The molecule has 1 aromatic heterocycles. The lowest BCUT2D eigenvalue weighted by Gasteiger charge is -2.12. The molecule has 1 atom stereocenters. The Morgan fingerprint density at radius 3 is 2.95 bits per heavy atom. The molecule has 0 saturated heterocycles. The van der Waals surface area contributed by atoms with E-state index in [1.165, 1.54) is 10.4 Å². The summed E-state index contributed by atoms with van der Waals surface area (Å²) in [6.07, 6.45) is 1.76. The van der Waals surface area contributed by atoms with Gasteiger partial charge in [-0.2, -0.15) is 0 Å². The second kappa shape index (κ2) is 6.63. The highest BCUT2D eigenvalue weighted by atomic mass is 32.1. The maximum absolute atomic E-state index is 11.7. The second-order valence-electron chi connectivity index (χ2n) is 5.02. The van der Waals surface area contributed by atoms with Crippen LogP contribution >= 0.6 is 11.3 Å². The van der Waals surface area contributed by atoms with Gasteiger partial charge in [0.25, 0.3) is 0 Å². The first-order chi connectivity index (χ1) is 10.3. The summed E-state index contributed by atoms with van der Waals surface area (Å²) in [7, 11) is 0. The molecule has 5 heteroatoms. The number of hydrogen-bond donors (Lipinski definition) is 2. The molecule has 0 saturated carbocycles. The third-order valence-electron chi connectivity index (χ3n) is 3.44. The number of carbonyl (C=O) groups is 1. The van der Waals surface area contributed by atoms with Crippen LogP contribution in [0.25, 0.3) is 0 Å². The van der Waals surface area contributed by atoms with E-state index in [2.05, 4.69) is 22.8 Å². The van der Waals surface area contributed by atoms with E-state index < -0.39 is 0 Å². The van der Waals surface area contributed by atoms with Crippen LogP contribution in [-0.4, -0.2) is 25.2 Å². The lowest BCUT2D eigenvalue weighted by molar-refractivity contribution is 0.214. The number of para-hydroxylation sites is 1. The Morgan fingerprint density at radius 2 is 2.14 bits per heavy atom. The number of carbonyl (C=O) groups excluding carboxylic acids is 1. The topological polar surface area (TPSA) is 50.4 Å². The number of amides is 2. The summed E-state index contributed by atoms with van der Waals surface area (Å²) in [6.45, 7) is 1.18. The van der Waals surface area contributed by atoms with Gasteiger partial charge in [0.15, 0.2) is 0 Å². The summed E-state index contributed by atoms with van der Waals surface area (Å²) < 4.78 is 5.78. The smallest absolute Gasteiger partial charge is 0.314 e. The van der Waals surface area contributed by atoms with Crippen molar-refractivity contribution in [1.29, 1.82) is 0 Å². The van der Waals surface area contributed by atoms with Gasteiger partial charge in [-0.3, -0.25) is 0 Å². The number of fused-ring (bicyclic) bond motifs is 1. The molecule has 2 N–H and O–H groups in total. The highest BCUT2D eigenvalue weighted by molar-refractivity contribution is 7.09. The fourth-order valence-corrected chi connectivity index (χ4v) is 3.10. The van der Waals surface area contributed by atoms with Crippen molar-refractivity contribution in [3.05, 3.63) is 52.2 Å². The average molecular weight is 302 g/mol. The Morgan fingerprint density at radius 1 is 1.24 bits per heavy atom. The third kappa shape index (κ3) is 3.76. The lowest BCUT2D eigenvalue weighted by Crippen LogP contribution is -2.41. The van der Waals surface area contributed by atoms with Crippen LogP contribution in [-0.2, 0) is 12.8 Å². The summed E-state index contributed by atoms with van der Waals surface area (Å²) in [4.78, 5) is 13.0. The summed E-state index contributed by atoms with van der Waals surface area (Å²) in [5, 5.41) is 7.78. The fourth-order valence-electron chi connectivity index (χ4n) is 2.39. The van der Waals surface area contributed by atoms with Gasteiger partial charge in [0.05, 0.1) is 6.54 Å². The number of rotatable bonds is 5. The molecule has 21 heavy (non-hydrogen) atoms. The van der Waals surface area contributed by atoms with Gasteiger partial charge in [-0.25, -0.2) is 4.79 Å². The molecule has 1 aliphatic heterocycles. The summed E-state index contributed by atoms with van der Waals surface area (Å²) in [5.74, 6) is 0.933. The molecule has 0 spiro atoms. The normalized spacial score (nSPS) is 16.1. The van der Waals surface area contributed by atoms with Crippen molar-refractivity contribution in [3.8, 4) is 5.75 Å². The van der Waals surface area contributed by atoms with Crippen molar-refractivity contribution in [2.75, 3.05) is 13.1 Å². The number of urea groups is 1. The van der Waals surface area contributed by atoms with Crippen LogP contribution in [0, 0.1) is 0 Å². The number of hydrogen-bond acceptors (Lipinski definition) is 3. The Hall–Kier alpha value is -2.01. The van der Waals surface area contributed by atoms with Crippen LogP contribution in [0.2, 0.25) is 0 Å². The number of ether oxygens (including phenoxy) is 1. The Labute approximate surface area is 128 Å².